The number of hydrogen-bond donors (Lipinski definition) is 2. The van der Waals surface area contributed by atoms with Gasteiger partial charge in [0.05, 0.1) is 6.10 Å². The van der Waals surface area contributed by atoms with Crippen molar-refractivity contribution in [1.82, 2.24) is 10.2 Å². The number of carbonyl (C=O) groups is 2. The second-order valence-electron chi connectivity index (χ2n) is 6.46. The zero-order chi connectivity index (χ0) is 18.8. The Hall–Kier alpha value is -1.70. The van der Waals surface area contributed by atoms with E-state index >= 15 is 0 Å². The molecule has 0 bridgehead atoms. The van der Waals surface area contributed by atoms with Gasteiger partial charge in [0.2, 0.25) is 5.91 Å². The molecule has 3 N–H and O–H groups in total. The Balaban J connectivity index is 0.00000364. The lowest BCUT2D eigenvalue weighted by Crippen LogP contribution is -2.41. The molecular weight excluding hydrogens is 373 g/mol. The van der Waals surface area contributed by atoms with Gasteiger partial charge in [0.25, 0.3) is 5.91 Å². The van der Waals surface area contributed by atoms with Crippen molar-refractivity contribution in [3.05, 3.63) is 35.6 Å². The van der Waals surface area contributed by atoms with E-state index in [1.54, 1.807) is 0 Å². The predicted molar refractivity (Wildman–Crippen MR) is 104 cm³/mol. The molecule has 1 saturated heterocycles. The number of amides is 2. The minimum atomic E-state index is -0.374. The van der Waals surface area contributed by atoms with Gasteiger partial charge < -0.3 is 20.7 Å². The molecule has 2 amide bonds. The van der Waals surface area contributed by atoms with Crippen LogP contribution in [0.5, 0.6) is 0 Å². The number of nitrogens with one attached hydrogen (secondary N) is 1. The molecule has 6 nitrogen and oxygen atoms in total. The van der Waals surface area contributed by atoms with Gasteiger partial charge in [-0.2, -0.15) is 0 Å². The normalized spacial score (nSPS) is 14.5. The number of benzene rings is 1. The molecule has 1 aromatic carbocycles. The molecule has 8 heteroatoms. The topological polar surface area (TPSA) is 84.7 Å². The lowest BCUT2D eigenvalue weighted by Gasteiger charge is -2.32. The van der Waals surface area contributed by atoms with Crippen molar-refractivity contribution < 1.29 is 18.7 Å². The number of hydrogen-bond acceptors (Lipinski definition) is 4. The number of nitrogens with zero attached hydrogens (tertiary/aromatic N) is 1. The van der Waals surface area contributed by atoms with Gasteiger partial charge >= 0.3 is 0 Å². The highest BCUT2D eigenvalue weighted by Gasteiger charge is 2.22. The van der Waals surface area contributed by atoms with Crippen LogP contribution in [0.3, 0.4) is 0 Å². The highest BCUT2D eigenvalue weighted by Crippen LogP contribution is 2.15. The van der Waals surface area contributed by atoms with E-state index in [0.717, 1.165) is 19.3 Å². The summed E-state index contributed by atoms with van der Waals surface area (Å²) in [5.74, 6) is -0.518. The maximum Gasteiger partial charge on any atom is 0.251 e. The number of ether oxygens (including phenoxy) is 1. The van der Waals surface area contributed by atoms with Crippen LogP contribution in [0.25, 0.3) is 0 Å². The molecule has 0 atom stereocenters. The number of rotatable bonds is 9. The molecule has 1 aromatic rings. The summed E-state index contributed by atoms with van der Waals surface area (Å²) >= 11 is 0. The molecule has 1 fully saturated rings. The SMILES string of the molecule is Cl.NCCCOC1CCN(C(=O)CCCNC(=O)c2ccc(F)cc2)CC1. The summed E-state index contributed by atoms with van der Waals surface area (Å²) in [7, 11) is 0. The summed E-state index contributed by atoms with van der Waals surface area (Å²) < 4.78 is 18.6. The van der Waals surface area contributed by atoms with E-state index in [2.05, 4.69) is 5.32 Å². The van der Waals surface area contributed by atoms with E-state index in [9.17, 15) is 14.0 Å². The number of halogens is 2. The Kier molecular flexibility index (Phi) is 10.9. The minimum Gasteiger partial charge on any atom is -0.378 e. The molecule has 1 aliphatic rings. The van der Waals surface area contributed by atoms with E-state index < -0.39 is 0 Å². The van der Waals surface area contributed by atoms with E-state index in [0.29, 0.717) is 51.2 Å². The molecule has 1 heterocycles. The van der Waals surface area contributed by atoms with Crippen molar-refractivity contribution in [2.75, 3.05) is 32.8 Å². The molecule has 0 aromatic heterocycles. The number of piperidine rings is 1. The molecule has 0 unspecified atom stereocenters. The Morgan fingerprint density at radius 2 is 1.85 bits per heavy atom. The van der Waals surface area contributed by atoms with Gasteiger partial charge in [-0.15, -0.1) is 12.4 Å². The van der Waals surface area contributed by atoms with Crippen LogP contribution in [0, 0.1) is 5.82 Å². The van der Waals surface area contributed by atoms with Crippen LogP contribution in [0.1, 0.15) is 42.5 Å². The molecule has 0 radical (unpaired) electrons. The summed E-state index contributed by atoms with van der Waals surface area (Å²) in [4.78, 5) is 26.0. The van der Waals surface area contributed by atoms with Crippen molar-refractivity contribution in [2.24, 2.45) is 5.73 Å². The van der Waals surface area contributed by atoms with Crippen LogP contribution in [0.15, 0.2) is 24.3 Å². The van der Waals surface area contributed by atoms with Crippen molar-refractivity contribution >= 4 is 24.2 Å². The standard InChI is InChI=1S/C19H28FN3O3.ClH/c20-16-6-4-15(5-7-16)19(25)22-11-1-3-18(24)23-12-8-17(9-13-23)26-14-2-10-21;/h4-7,17H,1-3,8-14,21H2,(H,22,25);1H. The summed E-state index contributed by atoms with van der Waals surface area (Å²) in [6.07, 6.45) is 3.79. The average Bonchev–Trinajstić information content (AvgIpc) is 2.66. The fourth-order valence-electron chi connectivity index (χ4n) is 2.91. The van der Waals surface area contributed by atoms with Crippen LogP contribution < -0.4 is 11.1 Å². The van der Waals surface area contributed by atoms with Crippen molar-refractivity contribution in [3.63, 3.8) is 0 Å². The predicted octanol–water partition coefficient (Wildman–Crippen LogP) is 2.11. The average molecular weight is 402 g/mol. The van der Waals surface area contributed by atoms with E-state index in [1.807, 2.05) is 4.90 Å². The second kappa shape index (κ2) is 12.6. The van der Waals surface area contributed by atoms with Gasteiger partial charge in [-0.05, 0) is 56.5 Å². The number of likely N-dealkylation sites (tertiary alicyclic amines) is 1. The van der Waals surface area contributed by atoms with Crippen molar-refractivity contribution in [1.29, 1.82) is 0 Å². The molecule has 1 aliphatic heterocycles. The third-order valence-electron chi connectivity index (χ3n) is 4.46. The smallest absolute Gasteiger partial charge is 0.251 e. The maximum absolute atomic E-state index is 12.8. The summed E-state index contributed by atoms with van der Waals surface area (Å²) in [6, 6.07) is 5.38. The van der Waals surface area contributed by atoms with Gasteiger partial charge in [0.1, 0.15) is 5.82 Å². The first-order chi connectivity index (χ1) is 12.6. The Morgan fingerprint density at radius 3 is 2.48 bits per heavy atom. The highest BCUT2D eigenvalue weighted by molar-refractivity contribution is 5.94. The molecule has 0 saturated carbocycles. The van der Waals surface area contributed by atoms with Gasteiger partial charge in [-0.25, -0.2) is 4.39 Å². The molecule has 27 heavy (non-hydrogen) atoms. The third kappa shape index (κ3) is 8.24. The van der Waals surface area contributed by atoms with Crippen LogP contribution in [0.2, 0.25) is 0 Å². The first-order valence-corrected chi connectivity index (χ1v) is 9.23. The van der Waals surface area contributed by atoms with Crippen LogP contribution in [0.4, 0.5) is 4.39 Å². The maximum atomic E-state index is 12.8. The minimum absolute atomic E-state index is 0. The quantitative estimate of drug-likeness (QED) is 0.621. The van der Waals surface area contributed by atoms with Gasteiger partial charge in [-0.3, -0.25) is 9.59 Å². The summed E-state index contributed by atoms with van der Waals surface area (Å²) in [6.45, 7) is 3.17. The number of carbonyl (C=O) groups excluding carboxylic acids is 2. The first kappa shape index (κ1) is 23.3. The Labute approximate surface area is 166 Å². The van der Waals surface area contributed by atoms with E-state index in [-0.39, 0.29) is 36.1 Å². The molecule has 152 valence electrons. The third-order valence-corrected chi connectivity index (χ3v) is 4.46. The molecular formula is C19H29ClFN3O3. The lowest BCUT2D eigenvalue weighted by molar-refractivity contribution is -0.133. The van der Waals surface area contributed by atoms with Gasteiger partial charge in [0.15, 0.2) is 0 Å². The lowest BCUT2D eigenvalue weighted by atomic mass is 10.1. The van der Waals surface area contributed by atoms with Crippen molar-refractivity contribution in [2.45, 2.75) is 38.2 Å². The zero-order valence-electron chi connectivity index (χ0n) is 15.5. The van der Waals surface area contributed by atoms with E-state index in [1.165, 1.54) is 24.3 Å². The van der Waals surface area contributed by atoms with Gasteiger partial charge in [0, 0.05) is 38.2 Å². The largest absolute Gasteiger partial charge is 0.378 e. The summed E-state index contributed by atoms with van der Waals surface area (Å²) in [5.41, 5.74) is 5.86. The molecule has 0 spiro atoms. The molecule has 0 aliphatic carbocycles. The van der Waals surface area contributed by atoms with Crippen LogP contribution in [-0.4, -0.2) is 55.6 Å². The zero-order valence-corrected chi connectivity index (χ0v) is 16.3. The monoisotopic (exact) mass is 401 g/mol. The Bertz CT molecular complexity index is 578. The Morgan fingerprint density at radius 1 is 1.19 bits per heavy atom. The van der Waals surface area contributed by atoms with E-state index in [4.69, 9.17) is 10.5 Å². The second-order valence-corrected chi connectivity index (χ2v) is 6.46. The van der Waals surface area contributed by atoms with Crippen molar-refractivity contribution in [3.8, 4) is 0 Å². The fourth-order valence-corrected chi connectivity index (χ4v) is 2.91. The first-order valence-electron chi connectivity index (χ1n) is 9.23. The van der Waals surface area contributed by atoms with Crippen LogP contribution >= 0.6 is 12.4 Å². The van der Waals surface area contributed by atoms with Crippen LogP contribution in [-0.2, 0) is 9.53 Å². The number of nitrogens with two attached hydrogens (primary N) is 1. The molecule has 2 rings (SSSR count). The highest BCUT2D eigenvalue weighted by atomic mass is 35.5. The van der Waals surface area contributed by atoms with Gasteiger partial charge in [-0.1, -0.05) is 0 Å². The summed E-state index contributed by atoms with van der Waals surface area (Å²) in [5, 5.41) is 2.75. The fraction of sp³-hybridized carbons (Fsp3) is 0.579.